The van der Waals surface area contributed by atoms with Gasteiger partial charge in [0.05, 0.1) is 6.54 Å². The van der Waals surface area contributed by atoms with Crippen LogP contribution in [-0.4, -0.2) is 11.1 Å². The summed E-state index contributed by atoms with van der Waals surface area (Å²) in [7, 11) is 0. The highest BCUT2D eigenvalue weighted by Crippen LogP contribution is 2.26. The van der Waals surface area contributed by atoms with Crippen molar-refractivity contribution >= 4 is 5.97 Å². The Morgan fingerprint density at radius 2 is 2.16 bits per heavy atom. The van der Waals surface area contributed by atoms with Crippen molar-refractivity contribution < 1.29 is 14.1 Å². The largest absolute Gasteiger partial charge is 0.451 e. The van der Waals surface area contributed by atoms with E-state index in [0.29, 0.717) is 17.9 Å². The molecule has 0 bridgehead atoms. The van der Waals surface area contributed by atoms with Gasteiger partial charge in [-0.1, -0.05) is 42.4 Å². The first kappa shape index (κ1) is 13.3. The van der Waals surface area contributed by atoms with Gasteiger partial charge in [-0.25, -0.2) is 0 Å². The van der Waals surface area contributed by atoms with Gasteiger partial charge in [0.2, 0.25) is 0 Å². The Kier molecular flexibility index (Phi) is 4.30. The van der Waals surface area contributed by atoms with Crippen LogP contribution < -0.4 is 5.73 Å². The molecule has 0 aliphatic heterocycles. The first-order valence-electron chi connectivity index (χ1n) is 6.14. The second kappa shape index (κ2) is 6.15. The molecule has 0 spiro atoms. The number of aromatic nitrogens is 1. The minimum absolute atomic E-state index is 0.260. The lowest BCUT2D eigenvalue weighted by Gasteiger charge is -2.15. The lowest BCUT2D eigenvalue weighted by molar-refractivity contribution is -0.147. The molecule has 5 nitrogen and oxygen atoms in total. The van der Waals surface area contributed by atoms with E-state index in [1.54, 1.807) is 13.0 Å². The molecule has 1 aromatic carbocycles. The number of nitrogens with zero attached hydrogens (tertiary/aromatic N) is 1. The Hall–Kier alpha value is -2.14. The molecule has 0 saturated carbocycles. The Morgan fingerprint density at radius 1 is 1.42 bits per heavy atom. The van der Waals surface area contributed by atoms with Crippen LogP contribution in [0.15, 0.2) is 40.9 Å². The third-order valence-electron chi connectivity index (χ3n) is 2.69. The van der Waals surface area contributed by atoms with E-state index in [9.17, 15) is 4.79 Å². The molecule has 0 fully saturated rings. The number of hydrogen-bond acceptors (Lipinski definition) is 5. The zero-order valence-corrected chi connectivity index (χ0v) is 10.7. The summed E-state index contributed by atoms with van der Waals surface area (Å²) in [6, 6.07) is 11.1. The number of carbonyl (C=O) groups is 1. The summed E-state index contributed by atoms with van der Waals surface area (Å²) in [6.07, 6.45) is -0.247. The summed E-state index contributed by atoms with van der Waals surface area (Å²) in [6.45, 7) is 2.01. The standard InChI is InChI=1S/C14H16N2O3/c1-2-13(17)18-14(10-6-4-3-5-7-10)12-8-11(9-15)19-16-12/h3-8,14H,2,9,15H2,1H3. The minimum atomic E-state index is -0.558. The molecule has 1 heterocycles. The molecular formula is C14H16N2O3. The second-order valence-electron chi connectivity index (χ2n) is 4.06. The molecule has 0 aliphatic rings. The SMILES string of the molecule is CCC(=O)OC(c1ccccc1)c1cc(CN)on1. The fraction of sp³-hybridized carbons (Fsp3) is 0.286. The van der Waals surface area contributed by atoms with E-state index in [4.69, 9.17) is 15.0 Å². The molecule has 2 rings (SSSR count). The molecule has 100 valence electrons. The van der Waals surface area contributed by atoms with Gasteiger partial charge in [0.25, 0.3) is 0 Å². The van der Waals surface area contributed by atoms with Crippen LogP contribution >= 0.6 is 0 Å². The van der Waals surface area contributed by atoms with Crippen molar-refractivity contribution in [2.24, 2.45) is 5.73 Å². The Bertz CT molecular complexity index is 537. The van der Waals surface area contributed by atoms with Gasteiger partial charge in [0.1, 0.15) is 5.69 Å². The average Bonchev–Trinajstić information content (AvgIpc) is 2.94. The molecule has 2 N–H and O–H groups in total. The summed E-state index contributed by atoms with van der Waals surface area (Å²) in [5.74, 6) is 0.273. The van der Waals surface area contributed by atoms with Crippen molar-refractivity contribution in [2.45, 2.75) is 26.0 Å². The van der Waals surface area contributed by atoms with Gasteiger partial charge in [-0.05, 0) is 5.56 Å². The van der Waals surface area contributed by atoms with Gasteiger partial charge in [-0.15, -0.1) is 0 Å². The lowest BCUT2D eigenvalue weighted by atomic mass is 10.1. The summed E-state index contributed by atoms with van der Waals surface area (Å²) >= 11 is 0. The van der Waals surface area contributed by atoms with E-state index in [-0.39, 0.29) is 12.5 Å². The van der Waals surface area contributed by atoms with E-state index in [2.05, 4.69) is 5.16 Å². The molecule has 19 heavy (non-hydrogen) atoms. The molecule has 1 unspecified atom stereocenters. The van der Waals surface area contributed by atoms with E-state index >= 15 is 0 Å². The number of carbonyl (C=O) groups excluding carboxylic acids is 1. The lowest BCUT2D eigenvalue weighted by Crippen LogP contribution is -2.12. The van der Waals surface area contributed by atoms with Crippen LogP contribution in [0.3, 0.4) is 0 Å². The third kappa shape index (κ3) is 3.20. The van der Waals surface area contributed by atoms with Crippen molar-refractivity contribution in [1.29, 1.82) is 0 Å². The summed E-state index contributed by atoms with van der Waals surface area (Å²) in [5, 5.41) is 3.92. The highest BCUT2D eigenvalue weighted by atomic mass is 16.5. The topological polar surface area (TPSA) is 78.4 Å². The molecule has 1 aromatic heterocycles. The fourth-order valence-corrected chi connectivity index (χ4v) is 1.69. The summed E-state index contributed by atoms with van der Waals surface area (Å²) in [5.41, 5.74) is 6.89. The number of ether oxygens (including phenoxy) is 1. The van der Waals surface area contributed by atoms with Gasteiger partial charge in [0.15, 0.2) is 11.9 Å². The van der Waals surface area contributed by atoms with Crippen molar-refractivity contribution in [1.82, 2.24) is 5.16 Å². The number of esters is 1. The zero-order chi connectivity index (χ0) is 13.7. The van der Waals surface area contributed by atoms with Gasteiger partial charge >= 0.3 is 5.97 Å². The maximum Gasteiger partial charge on any atom is 0.306 e. The van der Waals surface area contributed by atoms with Crippen LogP contribution in [0.25, 0.3) is 0 Å². The smallest absolute Gasteiger partial charge is 0.306 e. The van der Waals surface area contributed by atoms with Crippen molar-refractivity contribution in [3.8, 4) is 0 Å². The van der Waals surface area contributed by atoms with Gasteiger partial charge in [0, 0.05) is 12.5 Å². The molecular weight excluding hydrogens is 244 g/mol. The molecule has 0 amide bonds. The van der Waals surface area contributed by atoms with Crippen LogP contribution in [0.5, 0.6) is 0 Å². The highest BCUT2D eigenvalue weighted by Gasteiger charge is 2.22. The minimum Gasteiger partial charge on any atom is -0.451 e. The number of benzene rings is 1. The quantitative estimate of drug-likeness (QED) is 0.833. The third-order valence-corrected chi connectivity index (χ3v) is 2.69. The molecule has 0 radical (unpaired) electrons. The van der Waals surface area contributed by atoms with Crippen LogP contribution in [-0.2, 0) is 16.1 Å². The predicted molar refractivity (Wildman–Crippen MR) is 69.1 cm³/mol. The van der Waals surface area contributed by atoms with Crippen LogP contribution in [0.2, 0.25) is 0 Å². The van der Waals surface area contributed by atoms with Crippen LogP contribution in [0.1, 0.15) is 36.5 Å². The van der Waals surface area contributed by atoms with Crippen molar-refractivity contribution in [3.05, 3.63) is 53.4 Å². The van der Waals surface area contributed by atoms with E-state index in [0.717, 1.165) is 5.56 Å². The Morgan fingerprint density at radius 3 is 2.74 bits per heavy atom. The van der Waals surface area contributed by atoms with Gasteiger partial charge in [-0.3, -0.25) is 4.79 Å². The second-order valence-corrected chi connectivity index (χ2v) is 4.06. The Balaban J connectivity index is 2.31. The van der Waals surface area contributed by atoms with Gasteiger partial charge < -0.3 is 15.0 Å². The predicted octanol–water partition coefficient (Wildman–Crippen LogP) is 2.18. The van der Waals surface area contributed by atoms with Crippen molar-refractivity contribution in [2.75, 3.05) is 0 Å². The maximum atomic E-state index is 11.5. The normalized spacial score (nSPS) is 12.1. The van der Waals surface area contributed by atoms with Crippen LogP contribution in [0.4, 0.5) is 0 Å². The fourth-order valence-electron chi connectivity index (χ4n) is 1.69. The molecule has 2 aromatic rings. The number of nitrogens with two attached hydrogens (primary N) is 1. The molecule has 5 heteroatoms. The van der Waals surface area contributed by atoms with E-state index in [1.165, 1.54) is 0 Å². The average molecular weight is 260 g/mol. The summed E-state index contributed by atoms with van der Waals surface area (Å²) < 4.78 is 10.5. The monoisotopic (exact) mass is 260 g/mol. The Labute approximate surface area is 111 Å². The first-order chi connectivity index (χ1) is 9.24. The maximum absolute atomic E-state index is 11.5. The molecule has 1 atom stereocenters. The molecule has 0 saturated heterocycles. The summed E-state index contributed by atoms with van der Waals surface area (Å²) in [4.78, 5) is 11.5. The van der Waals surface area contributed by atoms with Crippen molar-refractivity contribution in [3.63, 3.8) is 0 Å². The molecule has 0 aliphatic carbocycles. The number of rotatable bonds is 5. The van der Waals surface area contributed by atoms with Gasteiger partial charge in [-0.2, -0.15) is 0 Å². The zero-order valence-electron chi connectivity index (χ0n) is 10.7. The number of hydrogen-bond donors (Lipinski definition) is 1. The first-order valence-corrected chi connectivity index (χ1v) is 6.14. The van der Waals surface area contributed by atoms with E-state index < -0.39 is 6.10 Å². The highest BCUT2D eigenvalue weighted by molar-refractivity contribution is 5.69. The van der Waals surface area contributed by atoms with E-state index in [1.807, 2.05) is 30.3 Å². The van der Waals surface area contributed by atoms with Crippen LogP contribution in [0, 0.1) is 0 Å².